The van der Waals surface area contributed by atoms with Crippen molar-refractivity contribution in [2.75, 3.05) is 37.0 Å². The van der Waals surface area contributed by atoms with Crippen LogP contribution >= 0.6 is 23.5 Å². The Morgan fingerprint density at radius 2 is 2.05 bits per heavy atom. The van der Waals surface area contributed by atoms with E-state index in [1.165, 1.54) is 25.1 Å². The van der Waals surface area contributed by atoms with Crippen LogP contribution < -0.4 is 20.5 Å². The van der Waals surface area contributed by atoms with Gasteiger partial charge in [-0.15, -0.1) is 0 Å². The standard InChI is InChI=1S/C28H26N4O3S2/c1-34-27-13-18(7-9-30-27)16-31-19-5-6-23-25(14-19)36-24-4-2-3-21(28(24)37-23)22-17-32(11-12-35-22)20-8-10-29-26(33)15-20/h2-10,13-15,22,31H,11-12,16-17H2,1H3,(H,29,33). The largest absolute Gasteiger partial charge is 0.481 e. The zero-order valence-electron chi connectivity index (χ0n) is 20.3. The molecule has 0 aliphatic carbocycles. The molecule has 1 unspecified atom stereocenters. The number of benzene rings is 2. The average Bonchev–Trinajstić information content (AvgIpc) is 2.94. The number of morpholine rings is 1. The van der Waals surface area contributed by atoms with Crippen molar-refractivity contribution >= 4 is 34.9 Å². The molecular weight excluding hydrogens is 504 g/mol. The van der Waals surface area contributed by atoms with Crippen LogP contribution in [-0.2, 0) is 11.3 Å². The summed E-state index contributed by atoms with van der Waals surface area (Å²) in [5.41, 5.74) is 4.23. The fourth-order valence-corrected chi connectivity index (χ4v) is 7.01. The number of H-pyrrole nitrogens is 1. The highest BCUT2D eigenvalue weighted by Crippen LogP contribution is 2.51. The predicted octanol–water partition coefficient (Wildman–Crippen LogP) is 5.58. The lowest BCUT2D eigenvalue weighted by atomic mass is 10.1. The molecule has 0 bridgehead atoms. The Balaban J connectivity index is 1.19. The van der Waals surface area contributed by atoms with Crippen LogP contribution in [0.1, 0.15) is 17.2 Å². The Morgan fingerprint density at radius 3 is 2.95 bits per heavy atom. The van der Waals surface area contributed by atoms with Crippen LogP contribution in [0.5, 0.6) is 5.88 Å². The number of aromatic nitrogens is 2. The summed E-state index contributed by atoms with van der Waals surface area (Å²) in [4.78, 5) is 25.9. The number of nitrogens with one attached hydrogen (secondary N) is 2. The lowest BCUT2D eigenvalue weighted by Gasteiger charge is -2.36. The maximum atomic E-state index is 11.8. The molecule has 188 valence electrons. The first-order chi connectivity index (χ1) is 18.2. The first-order valence-corrected chi connectivity index (χ1v) is 13.7. The number of ether oxygens (including phenoxy) is 2. The minimum atomic E-state index is -0.0874. The maximum absolute atomic E-state index is 11.8. The number of fused-ring (bicyclic) bond motifs is 2. The molecule has 4 aromatic rings. The van der Waals surface area contributed by atoms with E-state index >= 15 is 0 Å². The smallest absolute Gasteiger partial charge is 0.249 e. The summed E-state index contributed by atoms with van der Waals surface area (Å²) >= 11 is 3.60. The number of nitrogens with zero attached hydrogens (tertiary/aromatic N) is 2. The predicted molar refractivity (Wildman–Crippen MR) is 147 cm³/mol. The average molecular weight is 531 g/mol. The minimum absolute atomic E-state index is 0.0593. The van der Waals surface area contributed by atoms with Gasteiger partial charge in [-0.25, -0.2) is 4.98 Å². The molecule has 6 rings (SSSR count). The van der Waals surface area contributed by atoms with Gasteiger partial charge < -0.3 is 24.7 Å². The molecule has 2 aromatic heterocycles. The molecular formula is C28H26N4O3S2. The van der Waals surface area contributed by atoms with Crippen LogP contribution in [0.4, 0.5) is 11.4 Å². The van der Waals surface area contributed by atoms with E-state index in [9.17, 15) is 4.79 Å². The van der Waals surface area contributed by atoms with E-state index in [1.54, 1.807) is 49.1 Å². The molecule has 2 aromatic carbocycles. The number of aromatic amines is 1. The van der Waals surface area contributed by atoms with Gasteiger partial charge in [0.25, 0.3) is 0 Å². The van der Waals surface area contributed by atoms with Crippen molar-refractivity contribution in [3.05, 3.63) is 94.5 Å². The Labute approximate surface area is 223 Å². The molecule has 0 spiro atoms. The van der Waals surface area contributed by atoms with Crippen molar-refractivity contribution < 1.29 is 9.47 Å². The van der Waals surface area contributed by atoms with E-state index in [0.717, 1.165) is 23.5 Å². The quantitative estimate of drug-likeness (QED) is 0.294. The van der Waals surface area contributed by atoms with Gasteiger partial charge in [-0.1, -0.05) is 35.7 Å². The monoisotopic (exact) mass is 530 g/mol. The molecule has 2 N–H and O–H groups in total. The van der Waals surface area contributed by atoms with E-state index in [1.807, 2.05) is 18.2 Å². The van der Waals surface area contributed by atoms with E-state index in [0.29, 0.717) is 25.6 Å². The number of hydrogen-bond acceptors (Lipinski definition) is 8. The minimum Gasteiger partial charge on any atom is -0.481 e. The number of pyridine rings is 2. The van der Waals surface area contributed by atoms with Crippen molar-refractivity contribution in [2.45, 2.75) is 32.2 Å². The molecule has 2 aliphatic heterocycles. The van der Waals surface area contributed by atoms with E-state index in [4.69, 9.17) is 9.47 Å². The SMILES string of the molecule is COc1cc(CNc2ccc3c(c2)Sc2cccc(C4CN(c5cc[nH]c(=O)c5)CCO4)c2S3)ccn1. The van der Waals surface area contributed by atoms with Crippen LogP contribution in [0.2, 0.25) is 0 Å². The third-order valence-electron chi connectivity index (χ3n) is 6.43. The number of anilines is 2. The first kappa shape index (κ1) is 24.0. The normalized spacial score (nSPS) is 16.6. The highest BCUT2D eigenvalue weighted by Gasteiger charge is 2.28. The molecule has 4 heterocycles. The molecule has 9 heteroatoms. The number of hydrogen-bond donors (Lipinski definition) is 2. The van der Waals surface area contributed by atoms with Gasteiger partial charge in [-0.2, -0.15) is 0 Å². The second-order valence-electron chi connectivity index (χ2n) is 8.82. The van der Waals surface area contributed by atoms with Crippen LogP contribution in [0.25, 0.3) is 0 Å². The first-order valence-electron chi connectivity index (χ1n) is 12.1. The molecule has 0 saturated carbocycles. The summed E-state index contributed by atoms with van der Waals surface area (Å²) < 4.78 is 11.5. The van der Waals surface area contributed by atoms with Crippen molar-refractivity contribution in [1.29, 1.82) is 0 Å². The van der Waals surface area contributed by atoms with Crippen LogP contribution in [-0.4, -0.2) is 36.8 Å². The fourth-order valence-electron chi connectivity index (χ4n) is 4.56. The van der Waals surface area contributed by atoms with Gasteiger partial charge >= 0.3 is 0 Å². The summed E-state index contributed by atoms with van der Waals surface area (Å²) in [5, 5.41) is 3.52. The zero-order chi connectivity index (χ0) is 25.2. The van der Waals surface area contributed by atoms with Gasteiger partial charge in [0.05, 0.1) is 13.7 Å². The highest BCUT2D eigenvalue weighted by molar-refractivity contribution is 8.05. The van der Waals surface area contributed by atoms with Crippen LogP contribution in [0.15, 0.2) is 97.4 Å². The third kappa shape index (κ3) is 5.20. The van der Waals surface area contributed by atoms with E-state index < -0.39 is 0 Å². The fraction of sp³-hybridized carbons (Fsp3) is 0.214. The lowest BCUT2D eigenvalue weighted by Crippen LogP contribution is -2.39. The topological polar surface area (TPSA) is 79.5 Å². The number of methoxy groups -OCH3 is 1. The summed E-state index contributed by atoms with van der Waals surface area (Å²) in [6.07, 6.45) is 3.40. The second kappa shape index (κ2) is 10.5. The highest BCUT2D eigenvalue weighted by atomic mass is 32.2. The second-order valence-corrected chi connectivity index (χ2v) is 11.0. The number of rotatable bonds is 6. The molecule has 37 heavy (non-hydrogen) atoms. The summed E-state index contributed by atoms with van der Waals surface area (Å²) in [6, 6.07) is 20.5. The van der Waals surface area contributed by atoms with Gasteiger partial charge in [-0.3, -0.25) is 4.79 Å². The van der Waals surface area contributed by atoms with Crippen molar-refractivity contribution in [3.8, 4) is 5.88 Å². The van der Waals surface area contributed by atoms with Gasteiger partial charge in [-0.05, 0) is 47.5 Å². The maximum Gasteiger partial charge on any atom is 0.249 e. The molecule has 7 nitrogen and oxygen atoms in total. The van der Waals surface area contributed by atoms with Crippen LogP contribution in [0.3, 0.4) is 0 Å². The van der Waals surface area contributed by atoms with Crippen LogP contribution in [0, 0.1) is 0 Å². The molecule has 0 amide bonds. The van der Waals surface area contributed by atoms with Crippen molar-refractivity contribution in [3.63, 3.8) is 0 Å². The Kier molecular flexibility index (Phi) is 6.82. The molecule has 2 aliphatic rings. The molecule has 0 radical (unpaired) electrons. The van der Waals surface area contributed by atoms with Gasteiger partial charge in [0.1, 0.15) is 6.10 Å². The van der Waals surface area contributed by atoms with E-state index in [2.05, 4.69) is 56.6 Å². The molecule has 1 fully saturated rings. The Bertz CT molecular complexity index is 1490. The van der Waals surface area contributed by atoms with Gasteiger partial charge in [0.2, 0.25) is 11.4 Å². The van der Waals surface area contributed by atoms with Crippen molar-refractivity contribution in [2.24, 2.45) is 0 Å². The van der Waals surface area contributed by atoms with Gasteiger partial charge in [0, 0.05) is 75.1 Å². The Hall–Kier alpha value is -3.40. The lowest BCUT2D eigenvalue weighted by molar-refractivity contribution is 0.0379. The van der Waals surface area contributed by atoms with E-state index in [-0.39, 0.29) is 11.7 Å². The Morgan fingerprint density at radius 1 is 1.11 bits per heavy atom. The third-order valence-corrected chi connectivity index (χ3v) is 9.04. The van der Waals surface area contributed by atoms with Gasteiger partial charge in [0.15, 0.2) is 0 Å². The summed E-state index contributed by atoms with van der Waals surface area (Å²) in [5.74, 6) is 0.617. The summed E-state index contributed by atoms with van der Waals surface area (Å²) in [6.45, 7) is 2.79. The zero-order valence-corrected chi connectivity index (χ0v) is 21.9. The van der Waals surface area contributed by atoms with Crippen molar-refractivity contribution in [1.82, 2.24) is 9.97 Å². The molecule has 1 saturated heterocycles. The summed E-state index contributed by atoms with van der Waals surface area (Å²) in [7, 11) is 1.63. The molecule has 1 atom stereocenters.